The molecule has 0 spiro atoms. The quantitative estimate of drug-likeness (QED) is 0.910. The highest BCUT2D eigenvalue weighted by Crippen LogP contribution is 2.36. The van der Waals surface area contributed by atoms with E-state index in [1.54, 1.807) is 23.2 Å². The molecule has 2 nitrogen and oxygen atoms in total. The van der Waals surface area contributed by atoms with E-state index in [4.69, 9.17) is 5.73 Å². The van der Waals surface area contributed by atoms with E-state index in [-0.39, 0.29) is 5.82 Å². The summed E-state index contributed by atoms with van der Waals surface area (Å²) in [7, 11) is 0. The van der Waals surface area contributed by atoms with Crippen LogP contribution in [0.15, 0.2) is 54.9 Å². The Morgan fingerprint density at radius 2 is 1.64 bits per heavy atom. The smallest absolute Gasteiger partial charge is 0.160 e. The van der Waals surface area contributed by atoms with Crippen molar-refractivity contribution in [3.8, 4) is 0 Å². The highest BCUT2D eigenvalue weighted by atomic mass is 19.2. The first kappa shape index (κ1) is 14.3. The number of hydrogen-bond acceptors (Lipinski definition) is 2. The molecule has 0 unspecified atom stereocenters. The van der Waals surface area contributed by atoms with Gasteiger partial charge >= 0.3 is 0 Å². The van der Waals surface area contributed by atoms with E-state index in [0.717, 1.165) is 17.7 Å². The molecule has 0 atom stereocenters. The maximum absolute atomic E-state index is 13.6. The zero-order chi connectivity index (χ0) is 15.9. The van der Waals surface area contributed by atoms with Gasteiger partial charge < -0.3 is 10.6 Å². The van der Waals surface area contributed by atoms with E-state index < -0.39 is 11.6 Å². The van der Waals surface area contributed by atoms with Gasteiger partial charge in [0.15, 0.2) is 11.6 Å². The zero-order valence-corrected chi connectivity index (χ0v) is 11.6. The first-order chi connectivity index (χ1) is 10.5. The number of hydrogen-bond donors (Lipinski definition) is 1. The normalized spacial score (nSPS) is 13.9. The summed E-state index contributed by atoms with van der Waals surface area (Å²) in [5.74, 6) is -2.22. The van der Waals surface area contributed by atoms with E-state index in [1.807, 2.05) is 0 Å². The van der Waals surface area contributed by atoms with Crippen LogP contribution in [0.5, 0.6) is 0 Å². The Kier molecular flexibility index (Phi) is 3.41. The number of nitrogens with zero attached hydrogens (tertiary/aromatic N) is 1. The fraction of sp³-hybridized carbons (Fsp3) is 0.0588. The van der Waals surface area contributed by atoms with Crippen LogP contribution in [0.4, 0.5) is 18.9 Å². The van der Waals surface area contributed by atoms with Gasteiger partial charge in [-0.3, -0.25) is 0 Å². The second-order valence-corrected chi connectivity index (χ2v) is 5.10. The van der Waals surface area contributed by atoms with Gasteiger partial charge in [-0.15, -0.1) is 0 Å². The van der Waals surface area contributed by atoms with Crippen LogP contribution in [0.2, 0.25) is 0 Å². The molecule has 3 rings (SSSR count). The van der Waals surface area contributed by atoms with Gasteiger partial charge in [0, 0.05) is 29.9 Å². The zero-order valence-electron chi connectivity index (χ0n) is 11.6. The minimum absolute atomic E-state index is 0.334. The number of rotatable bonds is 2. The number of fused-ring (bicyclic) bond motifs is 1. The van der Waals surface area contributed by atoms with Crippen LogP contribution in [0.1, 0.15) is 11.1 Å². The molecule has 0 aromatic heterocycles. The molecule has 2 N–H and O–H groups in total. The highest BCUT2D eigenvalue weighted by molar-refractivity contribution is 5.88. The summed E-state index contributed by atoms with van der Waals surface area (Å²) in [4.78, 5) is 1.69. The van der Waals surface area contributed by atoms with Crippen molar-refractivity contribution in [2.45, 2.75) is 6.54 Å². The summed E-state index contributed by atoms with van der Waals surface area (Å²) >= 11 is 0. The van der Waals surface area contributed by atoms with Gasteiger partial charge in [-0.1, -0.05) is 18.7 Å². The molecule has 1 aliphatic rings. The molecular formula is C17H13F3N2. The summed E-state index contributed by atoms with van der Waals surface area (Å²) in [5, 5.41) is 0. The molecule has 22 heavy (non-hydrogen) atoms. The third kappa shape index (κ3) is 2.45. The second kappa shape index (κ2) is 5.26. The van der Waals surface area contributed by atoms with Gasteiger partial charge in [0.2, 0.25) is 0 Å². The van der Waals surface area contributed by atoms with Crippen LogP contribution in [0.3, 0.4) is 0 Å². The molecule has 5 heteroatoms. The van der Waals surface area contributed by atoms with Crippen molar-refractivity contribution in [1.29, 1.82) is 0 Å². The van der Waals surface area contributed by atoms with E-state index in [0.29, 0.717) is 29.1 Å². The number of benzene rings is 2. The third-order valence-corrected chi connectivity index (χ3v) is 3.58. The lowest BCUT2D eigenvalue weighted by atomic mass is 9.98. The Morgan fingerprint density at radius 1 is 1.00 bits per heavy atom. The van der Waals surface area contributed by atoms with Crippen molar-refractivity contribution < 1.29 is 13.2 Å². The lowest BCUT2D eigenvalue weighted by Gasteiger charge is -2.29. The maximum Gasteiger partial charge on any atom is 0.160 e. The minimum Gasteiger partial charge on any atom is -0.397 e. The molecule has 2 aromatic rings. The summed E-state index contributed by atoms with van der Waals surface area (Å²) in [5.41, 5.74) is 8.45. The average Bonchev–Trinajstić information content (AvgIpc) is 2.49. The fourth-order valence-electron chi connectivity index (χ4n) is 2.40. The molecule has 0 saturated carbocycles. The molecule has 0 saturated heterocycles. The molecule has 0 fully saturated rings. The molecule has 2 aromatic carbocycles. The van der Waals surface area contributed by atoms with Crippen LogP contribution in [-0.4, -0.2) is 0 Å². The summed E-state index contributed by atoms with van der Waals surface area (Å²) in [6.07, 6.45) is 1.62. The summed E-state index contributed by atoms with van der Waals surface area (Å²) in [6.45, 7) is 4.16. The van der Waals surface area contributed by atoms with Crippen LogP contribution >= 0.6 is 0 Å². The van der Waals surface area contributed by atoms with E-state index >= 15 is 0 Å². The Balaban J connectivity index is 2.03. The molecule has 1 aliphatic heterocycles. The van der Waals surface area contributed by atoms with Gasteiger partial charge in [0.25, 0.3) is 0 Å². The van der Waals surface area contributed by atoms with Gasteiger partial charge in [-0.05, 0) is 23.8 Å². The lowest BCUT2D eigenvalue weighted by molar-refractivity contribution is 0.508. The van der Waals surface area contributed by atoms with Crippen LogP contribution in [-0.2, 0) is 6.54 Å². The maximum atomic E-state index is 13.6. The second-order valence-electron chi connectivity index (χ2n) is 5.10. The van der Waals surface area contributed by atoms with Crippen molar-refractivity contribution in [2.75, 3.05) is 4.90 Å². The summed E-state index contributed by atoms with van der Waals surface area (Å²) < 4.78 is 40.0. The van der Waals surface area contributed by atoms with Crippen molar-refractivity contribution in [2.24, 2.45) is 5.73 Å². The molecule has 1 heterocycles. The van der Waals surface area contributed by atoms with Crippen LogP contribution < -0.4 is 10.6 Å². The minimum atomic E-state index is -0.948. The summed E-state index contributed by atoms with van der Waals surface area (Å²) in [6, 6.07) is 8.15. The Labute approximate surface area is 126 Å². The van der Waals surface area contributed by atoms with Gasteiger partial charge in [0.05, 0.1) is 11.4 Å². The lowest BCUT2D eigenvalue weighted by Crippen LogP contribution is -2.24. The van der Waals surface area contributed by atoms with E-state index in [2.05, 4.69) is 6.58 Å². The van der Waals surface area contributed by atoms with Gasteiger partial charge in [-0.25, -0.2) is 13.2 Å². The number of anilines is 1. The first-order valence-corrected chi connectivity index (χ1v) is 6.63. The van der Waals surface area contributed by atoms with Gasteiger partial charge in [-0.2, -0.15) is 0 Å². The standard InChI is InChI=1S/C17H13F3N2/c1-10-13-6-14(19)15(20)7-17(13)22(9-16(10)21)8-11-2-4-12(18)5-3-11/h2-7,9H,1,8,21H2. The highest BCUT2D eigenvalue weighted by Gasteiger charge is 2.22. The SMILES string of the molecule is C=C1C(N)=CN(Cc2ccc(F)cc2)c2cc(F)c(F)cc21. The van der Waals surface area contributed by atoms with Crippen LogP contribution in [0, 0.1) is 17.5 Å². The molecule has 0 aliphatic carbocycles. The first-order valence-electron chi connectivity index (χ1n) is 6.63. The van der Waals surface area contributed by atoms with Gasteiger partial charge in [0.1, 0.15) is 5.82 Å². The van der Waals surface area contributed by atoms with Crippen molar-refractivity contribution in [3.63, 3.8) is 0 Å². The average molecular weight is 302 g/mol. The van der Waals surface area contributed by atoms with Crippen molar-refractivity contribution in [3.05, 3.63) is 83.5 Å². The Morgan fingerprint density at radius 3 is 2.32 bits per heavy atom. The topological polar surface area (TPSA) is 29.3 Å². The number of halogens is 3. The van der Waals surface area contributed by atoms with Crippen LogP contribution in [0.25, 0.3) is 5.57 Å². The Bertz CT molecular complexity index is 779. The predicted octanol–water partition coefficient (Wildman–Crippen LogP) is 3.94. The predicted molar refractivity (Wildman–Crippen MR) is 80.2 cm³/mol. The third-order valence-electron chi connectivity index (χ3n) is 3.58. The molecule has 0 amide bonds. The molecule has 0 radical (unpaired) electrons. The van der Waals surface area contributed by atoms with E-state index in [9.17, 15) is 13.2 Å². The Hall–Kier alpha value is -2.69. The fourth-order valence-corrected chi connectivity index (χ4v) is 2.40. The number of allylic oxidation sites excluding steroid dienone is 1. The number of nitrogens with two attached hydrogens (primary N) is 1. The van der Waals surface area contributed by atoms with Crippen molar-refractivity contribution >= 4 is 11.3 Å². The monoisotopic (exact) mass is 302 g/mol. The van der Waals surface area contributed by atoms with Crippen molar-refractivity contribution in [1.82, 2.24) is 0 Å². The van der Waals surface area contributed by atoms with E-state index in [1.165, 1.54) is 12.1 Å². The largest absolute Gasteiger partial charge is 0.397 e. The molecular weight excluding hydrogens is 289 g/mol. The molecule has 0 bridgehead atoms. The molecule has 112 valence electrons.